The standard InChI is InChI=1S/C26H23NO3S/c1-18(26(30)31-17-20-7-3-2-4-8-20)21-13-11-19(12-14-21)15-16-27-24(28)22-9-5-6-10-23(22)25(27)29/h2-14,18H,15-17H2,1H3/t18-/m0/s1. The monoisotopic (exact) mass is 429 g/mol. The van der Waals surface area contributed by atoms with Crippen LogP contribution in [0.1, 0.15) is 50.2 Å². The van der Waals surface area contributed by atoms with Crippen LogP contribution in [0.5, 0.6) is 0 Å². The van der Waals surface area contributed by atoms with E-state index in [1.54, 1.807) is 24.3 Å². The Balaban J connectivity index is 1.33. The summed E-state index contributed by atoms with van der Waals surface area (Å²) in [5.74, 6) is 0.0142. The minimum atomic E-state index is -0.230. The molecule has 4 nitrogen and oxygen atoms in total. The van der Waals surface area contributed by atoms with Crippen molar-refractivity contribution in [1.29, 1.82) is 0 Å². The summed E-state index contributed by atoms with van der Waals surface area (Å²) in [6, 6.07) is 24.8. The highest BCUT2D eigenvalue weighted by Gasteiger charge is 2.34. The van der Waals surface area contributed by atoms with Gasteiger partial charge in [0.2, 0.25) is 0 Å². The zero-order chi connectivity index (χ0) is 21.8. The summed E-state index contributed by atoms with van der Waals surface area (Å²) < 4.78 is 0. The number of carbonyl (C=O) groups excluding carboxylic acids is 3. The average Bonchev–Trinajstić information content (AvgIpc) is 3.06. The normalized spacial score (nSPS) is 13.9. The van der Waals surface area contributed by atoms with Crippen LogP contribution >= 0.6 is 11.8 Å². The number of thioether (sulfide) groups is 1. The van der Waals surface area contributed by atoms with Gasteiger partial charge in [0.25, 0.3) is 11.8 Å². The first-order valence-corrected chi connectivity index (χ1v) is 11.3. The first-order chi connectivity index (χ1) is 15.0. The van der Waals surface area contributed by atoms with Crippen LogP contribution in [-0.2, 0) is 17.0 Å². The molecule has 0 bridgehead atoms. The second-order valence-corrected chi connectivity index (χ2v) is 8.59. The fourth-order valence-corrected chi connectivity index (χ4v) is 4.53. The molecule has 0 aromatic heterocycles. The molecular weight excluding hydrogens is 406 g/mol. The third kappa shape index (κ3) is 4.62. The van der Waals surface area contributed by atoms with Crippen molar-refractivity contribution in [2.75, 3.05) is 6.54 Å². The van der Waals surface area contributed by atoms with Gasteiger partial charge >= 0.3 is 0 Å². The molecule has 1 heterocycles. The Kier molecular flexibility index (Phi) is 6.33. The predicted molar refractivity (Wildman–Crippen MR) is 123 cm³/mol. The largest absolute Gasteiger partial charge is 0.287 e. The van der Waals surface area contributed by atoms with E-state index in [1.165, 1.54) is 16.7 Å². The maximum atomic E-state index is 12.6. The molecule has 0 radical (unpaired) electrons. The van der Waals surface area contributed by atoms with E-state index in [2.05, 4.69) is 0 Å². The van der Waals surface area contributed by atoms with Gasteiger partial charge < -0.3 is 0 Å². The van der Waals surface area contributed by atoms with Crippen LogP contribution in [0.15, 0.2) is 78.9 Å². The molecule has 0 spiro atoms. The number of hydrogen-bond acceptors (Lipinski definition) is 4. The number of imide groups is 1. The molecular formula is C26H23NO3S. The molecule has 5 heteroatoms. The first-order valence-electron chi connectivity index (χ1n) is 10.3. The van der Waals surface area contributed by atoms with E-state index in [9.17, 15) is 14.4 Å². The van der Waals surface area contributed by atoms with Crippen LogP contribution in [0, 0.1) is 0 Å². The van der Waals surface area contributed by atoms with E-state index < -0.39 is 0 Å². The van der Waals surface area contributed by atoms with Gasteiger partial charge in [-0.2, -0.15) is 0 Å². The molecule has 1 aliphatic heterocycles. The van der Waals surface area contributed by atoms with Crippen molar-refractivity contribution in [3.8, 4) is 0 Å². The molecule has 0 saturated heterocycles. The second-order valence-electron chi connectivity index (χ2n) is 7.61. The van der Waals surface area contributed by atoms with Crippen molar-refractivity contribution in [2.24, 2.45) is 0 Å². The van der Waals surface area contributed by atoms with Crippen molar-refractivity contribution in [3.63, 3.8) is 0 Å². The Morgan fingerprint density at radius 2 is 1.39 bits per heavy atom. The van der Waals surface area contributed by atoms with Crippen molar-refractivity contribution in [1.82, 2.24) is 4.90 Å². The SMILES string of the molecule is C[C@H](C(=O)SCc1ccccc1)c1ccc(CCN2C(=O)c3ccccc3C2=O)cc1. The maximum Gasteiger partial charge on any atom is 0.261 e. The summed E-state index contributed by atoms with van der Waals surface area (Å²) in [5, 5.41) is 0.141. The molecule has 3 aromatic carbocycles. The summed E-state index contributed by atoms with van der Waals surface area (Å²) in [5.41, 5.74) is 4.08. The van der Waals surface area contributed by atoms with Gasteiger partial charge in [0.05, 0.1) is 17.0 Å². The van der Waals surface area contributed by atoms with Crippen molar-refractivity contribution in [2.45, 2.75) is 25.0 Å². The van der Waals surface area contributed by atoms with E-state index in [-0.39, 0.29) is 22.8 Å². The quantitative estimate of drug-likeness (QED) is 0.491. The summed E-state index contributed by atoms with van der Waals surface area (Å²) in [4.78, 5) is 38.8. The lowest BCUT2D eigenvalue weighted by Crippen LogP contribution is -2.31. The van der Waals surface area contributed by atoms with E-state index in [4.69, 9.17) is 0 Å². The van der Waals surface area contributed by atoms with Gasteiger partial charge in [-0.05, 0) is 35.2 Å². The maximum absolute atomic E-state index is 12.6. The average molecular weight is 430 g/mol. The second kappa shape index (κ2) is 9.31. The van der Waals surface area contributed by atoms with E-state index in [0.717, 1.165) is 16.7 Å². The molecule has 156 valence electrons. The molecule has 0 unspecified atom stereocenters. The predicted octanol–water partition coefficient (Wildman–Crippen LogP) is 5.09. The van der Waals surface area contributed by atoms with E-state index in [0.29, 0.717) is 29.8 Å². The summed E-state index contributed by atoms with van der Waals surface area (Å²) in [6.07, 6.45) is 0.580. The van der Waals surface area contributed by atoms with Crippen LogP contribution in [0.3, 0.4) is 0 Å². The van der Waals surface area contributed by atoms with Gasteiger partial charge in [-0.15, -0.1) is 0 Å². The highest BCUT2D eigenvalue weighted by atomic mass is 32.2. The number of benzene rings is 3. The van der Waals surface area contributed by atoms with Gasteiger partial charge in [0.1, 0.15) is 0 Å². The molecule has 31 heavy (non-hydrogen) atoms. The van der Waals surface area contributed by atoms with Crippen LogP contribution in [0.4, 0.5) is 0 Å². The Labute approximate surface area is 186 Å². The summed E-state index contributed by atoms with van der Waals surface area (Å²) >= 11 is 1.34. The highest BCUT2D eigenvalue weighted by Crippen LogP contribution is 2.26. The number of rotatable bonds is 7. The fraction of sp³-hybridized carbons (Fsp3) is 0.192. The summed E-state index contributed by atoms with van der Waals surface area (Å²) in [7, 11) is 0. The number of carbonyl (C=O) groups is 3. The Morgan fingerprint density at radius 1 is 0.806 bits per heavy atom. The smallest absolute Gasteiger partial charge is 0.261 e. The lowest BCUT2D eigenvalue weighted by molar-refractivity contribution is -0.111. The van der Waals surface area contributed by atoms with Gasteiger partial charge in [-0.25, -0.2) is 0 Å². The van der Waals surface area contributed by atoms with E-state index in [1.807, 2.05) is 61.5 Å². The van der Waals surface area contributed by atoms with Crippen molar-refractivity contribution >= 4 is 28.7 Å². The molecule has 0 aliphatic carbocycles. The number of hydrogen-bond donors (Lipinski definition) is 0. The number of nitrogens with zero attached hydrogens (tertiary/aromatic N) is 1. The zero-order valence-electron chi connectivity index (χ0n) is 17.3. The molecule has 0 fully saturated rings. The molecule has 0 N–H and O–H groups in total. The van der Waals surface area contributed by atoms with Crippen LogP contribution in [0.25, 0.3) is 0 Å². The fourth-order valence-electron chi connectivity index (χ4n) is 3.65. The van der Waals surface area contributed by atoms with Crippen molar-refractivity contribution in [3.05, 3.63) is 107 Å². The molecule has 1 aliphatic rings. The van der Waals surface area contributed by atoms with Crippen LogP contribution < -0.4 is 0 Å². The Bertz CT molecular complexity index is 1070. The van der Waals surface area contributed by atoms with Gasteiger partial charge in [0, 0.05) is 12.3 Å². The third-order valence-corrected chi connectivity index (χ3v) is 6.68. The number of amides is 2. The minimum absolute atomic E-state index is 0.141. The topological polar surface area (TPSA) is 54.5 Å². The highest BCUT2D eigenvalue weighted by molar-refractivity contribution is 8.13. The lowest BCUT2D eigenvalue weighted by Gasteiger charge is -2.15. The summed E-state index contributed by atoms with van der Waals surface area (Å²) in [6.45, 7) is 2.27. The van der Waals surface area contributed by atoms with E-state index >= 15 is 0 Å². The molecule has 3 aromatic rings. The van der Waals surface area contributed by atoms with Crippen LogP contribution in [0.2, 0.25) is 0 Å². The van der Waals surface area contributed by atoms with Gasteiger partial charge in [-0.1, -0.05) is 85.4 Å². The molecule has 0 saturated carbocycles. The number of fused-ring (bicyclic) bond motifs is 1. The molecule has 2 amide bonds. The Morgan fingerprint density at radius 3 is 2.00 bits per heavy atom. The van der Waals surface area contributed by atoms with Gasteiger partial charge in [-0.3, -0.25) is 19.3 Å². The Hall–Kier alpha value is -3.18. The molecule has 1 atom stereocenters. The van der Waals surface area contributed by atoms with Crippen LogP contribution in [-0.4, -0.2) is 28.4 Å². The molecule has 4 rings (SSSR count). The zero-order valence-corrected chi connectivity index (χ0v) is 18.1. The first kappa shape index (κ1) is 21.1. The third-order valence-electron chi connectivity index (χ3n) is 5.56. The lowest BCUT2D eigenvalue weighted by atomic mass is 10.00. The van der Waals surface area contributed by atoms with Gasteiger partial charge in [0.15, 0.2) is 5.12 Å². The van der Waals surface area contributed by atoms with Crippen molar-refractivity contribution < 1.29 is 14.4 Å². The minimum Gasteiger partial charge on any atom is -0.287 e.